The molecular formula is C17H16BrN3O3. The van der Waals surface area contributed by atoms with Crippen molar-refractivity contribution in [3.63, 3.8) is 0 Å². The number of esters is 1. The lowest BCUT2D eigenvalue weighted by Crippen LogP contribution is -2.05. The van der Waals surface area contributed by atoms with E-state index in [0.29, 0.717) is 15.6 Å². The van der Waals surface area contributed by atoms with Crippen molar-refractivity contribution in [3.05, 3.63) is 46.4 Å². The summed E-state index contributed by atoms with van der Waals surface area (Å²) in [5.41, 5.74) is 2.66. The van der Waals surface area contributed by atoms with Gasteiger partial charge in [-0.15, -0.1) is 5.10 Å². The van der Waals surface area contributed by atoms with Gasteiger partial charge in [0.1, 0.15) is 11.3 Å². The molecular weight excluding hydrogens is 374 g/mol. The van der Waals surface area contributed by atoms with Gasteiger partial charge in [0, 0.05) is 4.47 Å². The molecule has 0 aliphatic rings. The molecule has 6 nitrogen and oxygen atoms in total. The Hall–Kier alpha value is -2.41. The van der Waals surface area contributed by atoms with Gasteiger partial charge in [0.15, 0.2) is 0 Å². The number of fused-ring (bicyclic) bond motifs is 1. The van der Waals surface area contributed by atoms with E-state index in [9.17, 15) is 4.79 Å². The molecule has 0 spiro atoms. The van der Waals surface area contributed by atoms with Crippen molar-refractivity contribution in [2.24, 2.45) is 0 Å². The van der Waals surface area contributed by atoms with Gasteiger partial charge in [-0.2, -0.15) is 0 Å². The van der Waals surface area contributed by atoms with Crippen molar-refractivity contribution >= 4 is 32.9 Å². The summed E-state index contributed by atoms with van der Waals surface area (Å²) >= 11 is 3.40. The summed E-state index contributed by atoms with van der Waals surface area (Å²) in [6, 6.07) is 11.1. The minimum atomic E-state index is -0.423. The quantitative estimate of drug-likeness (QED) is 0.635. The summed E-state index contributed by atoms with van der Waals surface area (Å²) in [5, 5.41) is 8.31. The Bertz CT molecular complexity index is 888. The summed E-state index contributed by atoms with van der Waals surface area (Å²) < 4.78 is 12.7. The predicted molar refractivity (Wildman–Crippen MR) is 93.7 cm³/mol. The van der Waals surface area contributed by atoms with E-state index >= 15 is 0 Å². The van der Waals surface area contributed by atoms with Crippen LogP contribution < -0.4 is 4.74 Å². The zero-order chi connectivity index (χ0) is 17.3. The molecule has 0 saturated heterocycles. The van der Waals surface area contributed by atoms with Crippen LogP contribution in [-0.4, -0.2) is 34.2 Å². The first-order chi connectivity index (χ1) is 11.5. The van der Waals surface area contributed by atoms with Gasteiger partial charge in [-0.05, 0) is 66.2 Å². The molecule has 124 valence electrons. The maximum atomic E-state index is 11.8. The first-order valence-electron chi connectivity index (χ1n) is 7.40. The zero-order valence-electron chi connectivity index (χ0n) is 13.5. The summed E-state index contributed by atoms with van der Waals surface area (Å²) in [4.78, 5) is 11.8. The number of benzene rings is 2. The monoisotopic (exact) mass is 389 g/mol. The van der Waals surface area contributed by atoms with Gasteiger partial charge in [0.2, 0.25) is 0 Å². The summed E-state index contributed by atoms with van der Waals surface area (Å²) in [7, 11) is 1.34. The highest BCUT2D eigenvalue weighted by Gasteiger charge is 2.15. The van der Waals surface area contributed by atoms with Crippen molar-refractivity contribution < 1.29 is 14.3 Å². The van der Waals surface area contributed by atoms with Crippen LogP contribution in [0, 0.1) is 0 Å². The lowest BCUT2D eigenvalue weighted by Gasteiger charge is -2.10. The predicted octanol–water partition coefficient (Wildman–Crippen LogP) is 3.76. The van der Waals surface area contributed by atoms with E-state index in [1.165, 1.54) is 7.11 Å². The van der Waals surface area contributed by atoms with Crippen LogP contribution in [0.5, 0.6) is 5.75 Å². The molecule has 0 aliphatic carbocycles. The van der Waals surface area contributed by atoms with Gasteiger partial charge in [-0.25, -0.2) is 9.48 Å². The van der Waals surface area contributed by atoms with Gasteiger partial charge >= 0.3 is 5.97 Å². The largest absolute Gasteiger partial charge is 0.491 e. The maximum absolute atomic E-state index is 11.8. The molecule has 0 unspecified atom stereocenters. The van der Waals surface area contributed by atoms with Crippen molar-refractivity contribution in [1.29, 1.82) is 0 Å². The van der Waals surface area contributed by atoms with Crippen LogP contribution in [0.25, 0.3) is 16.7 Å². The number of nitrogens with zero attached hydrogens (tertiary/aromatic N) is 3. The molecule has 0 fully saturated rings. The van der Waals surface area contributed by atoms with E-state index in [2.05, 4.69) is 26.2 Å². The van der Waals surface area contributed by atoms with Gasteiger partial charge in [0.25, 0.3) is 0 Å². The van der Waals surface area contributed by atoms with E-state index in [4.69, 9.17) is 9.47 Å². The van der Waals surface area contributed by atoms with Gasteiger partial charge in [-0.1, -0.05) is 5.21 Å². The number of methoxy groups -OCH3 is 1. The Kier molecular flexibility index (Phi) is 4.53. The van der Waals surface area contributed by atoms with Crippen molar-refractivity contribution in [3.8, 4) is 11.4 Å². The average Bonchev–Trinajstić information content (AvgIpc) is 2.96. The highest BCUT2D eigenvalue weighted by molar-refractivity contribution is 9.10. The molecule has 3 aromatic rings. The number of ether oxygens (including phenoxy) is 2. The number of carbonyl (C=O) groups is 1. The van der Waals surface area contributed by atoms with Crippen LogP contribution in [0.4, 0.5) is 0 Å². The Morgan fingerprint density at radius 2 is 1.92 bits per heavy atom. The first kappa shape index (κ1) is 16.4. The van der Waals surface area contributed by atoms with E-state index in [-0.39, 0.29) is 6.10 Å². The number of halogens is 1. The lowest BCUT2D eigenvalue weighted by molar-refractivity contribution is 0.0600. The van der Waals surface area contributed by atoms with Crippen LogP contribution in [0.1, 0.15) is 24.2 Å². The average molecular weight is 390 g/mol. The van der Waals surface area contributed by atoms with Crippen LogP contribution in [0.15, 0.2) is 40.9 Å². The second-order valence-corrected chi connectivity index (χ2v) is 6.33. The maximum Gasteiger partial charge on any atom is 0.339 e. The number of hydrogen-bond donors (Lipinski definition) is 0. The summed E-state index contributed by atoms with van der Waals surface area (Å²) in [5.74, 6) is 0.376. The molecule has 0 aliphatic heterocycles. The standard InChI is InChI=1S/C17H16BrN3O3/c1-10(2)24-12-6-4-11(5-7-12)21-16-9-14(18)13(17(22)23-3)8-15(16)19-20-21/h4-10H,1-3H3. The van der Waals surface area contributed by atoms with Gasteiger partial charge in [-0.3, -0.25) is 0 Å². The third kappa shape index (κ3) is 3.12. The first-order valence-corrected chi connectivity index (χ1v) is 8.19. The third-order valence-corrected chi connectivity index (χ3v) is 4.05. The van der Waals surface area contributed by atoms with Gasteiger partial charge < -0.3 is 9.47 Å². The van der Waals surface area contributed by atoms with Gasteiger partial charge in [0.05, 0.1) is 30.0 Å². The third-order valence-electron chi connectivity index (χ3n) is 3.39. The smallest absolute Gasteiger partial charge is 0.339 e. The Morgan fingerprint density at radius 1 is 1.21 bits per heavy atom. The molecule has 24 heavy (non-hydrogen) atoms. The number of aromatic nitrogens is 3. The number of carbonyl (C=O) groups excluding carboxylic acids is 1. The molecule has 2 aromatic carbocycles. The molecule has 0 atom stereocenters. The molecule has 1 aromatic heterocycles. The lowest BCUT2D eigenvalue weighted by atomic mass is 10.2. The minimum absolute atomic E-state index is 0.121. The molecule has 7 heteroatoms. The zero-order valence-corrected chi connectivity index (χ0v) is 15.1. The summed E-state index contributed by atoms with van der Waals surface area (Å²) in [6.45, 7) is 3.96. The van der Waals surface area contributed by atoms with Crippen LogP contribution >= 0.6 is 15.9 Å². The molecule has 0 amide bonds. The fraction of sp³-hybridized carbons (Fsp3) is 0.235. The van der Waals surface area contributed by atoms with E-state index in [0.717, 1.165) is 17.0 Å². The topological polar surface area (TPSA) is 66.2 Å². The Morgan fingerprint density at radius 3 is 2.54 bits per heavy atom. The summed E-state index contributed by atoms with van der Waals surface area (Å²) in [6.07, 6.45) is 0.121. The minimum Gasteiger partial charge on any atom is -0.491 e. The second-order valence-electron chi connectivity index (χ2n) is 5.47. The molecule has 0 saturated carbocycles. The molecule has 0 N–H and O–H groups in total. The molecule has 3 rings (SSSR count). The van der Waals surface area contributed by atoms with E-state index < -0.39 is 5.97 Å². The Labute approximate surface area is 147 Å². The van der Waals surface area contributed by atoms with Crippen LogP contribution in [0.2, 0.25) is 0 Å². The fourth-order valence-corrected chi connectivity index (χ4v) is 2.83. The van der Waals surface area contributed by atoms with E-state index in [1.54, 1.807) is 16.8 Å². The fourth-order valence-electron chi connectivity index (χ4n) is 2.34. The van der Waals surface area contributed by atoms with Crippen molar-refractivity contribution in [1.82, 2.24) is 15.0 Å². The van der Waals surface area contributed by atoms with Crippen LogP contribution in [-0.2, 0) is 4.74 Å². The number of hydrogen-bond acceptors (Lipinski definition) is 5. The van der Waals surface area contributed by atoms with Crippen molar-refractivity contribution in [2.45, 2.75) is 20.0 Å². The number of rotatable bonds is 4. The molecule has 0 radical (unpaired) electrons. The van der Waals surface area contributed by atoms with Crippen LogP contribution in [0.3, 0.4) is 0 Å². The van der Waals surface area contributed by atoms with Crippen molar-refractivity contribution in [2.75, 3.05) is 7.11 Å². The van der Waals surface area contributed by atoms with E-state index in [1.807, 2.05) is 38.1 Å². The highest BCUT2D eigenvalue weighted by atomic mass is 79.9. The second kappa shape index (κ2) is 6.60. The normalized spacial score (nSPS) is 11.0. The Balaban J connectivity index is 2.01. The highest BCUT2D eigenvalue weighted by Crippen LogP contribution is 2.26. The SMILES string of the molecule is COC(=O)c1cc2nnn(-c3ccc(OC(C)C)cc3)c2cc1Br. The molecule has 0 bridgehead atoms. The molecule has 1 heterocycles.